The van der Waals surface area contributed by atoms with Crippen LogP contribution in [-0.2, 0) is 20.7 Å². The number of anilines is 1. The minimum absolute atomic E-state index is 0.0103. The van der Waals surface area contributed by atoms with Gasteiger partial charge in [-0.2, -0.15) is 0 Å². The van der Waals surface area contributed by atoms with Gasteiger partial charge in [0, 0.05) is 18.8 Å². The number of nitrogens with one attached hydrogen (secondary N) is 1. The molecule has 0 radical (unpaired) electrons. The van der Waals surface area contributed by atoms with Crippen molar-refractivity contribution in [3.63, 3.8) is 0 Å². The van der Waals surface area contributed by atoms with E-state index in [1.807, 2.05) is 32.0 Å². The summed E-state index contributed by atoms with van der Waals surface area (Å²) in [5.41, 5.74) is 2.23. The van der Waals surface area contributed by atoms with Crippen LogP contribution < -0.4 is 5.32 Å². The van der Waals surface area contributed by atoms with Crippen LogP contribution in [0.5, 0.6) is 0 Å². The first-order chi connectivity index (χ1) is 9.10. The number of hydrogen-bond donors (Lipinski definition) is 1. The first-order valence-electron chi connectivity index (χ1n) is 6.51. The van der Waals surface area contributed by atoms with Crippen molar-refractivity contribution in [1.82, 2.24) is 0 Å². The van der Waals surface area contributed by atoms with Gasteiger partial charge in [-0.1, -0.05) is 18.2 Å². The standard InChI is InChI=1S/C15H23NO3/c1-11(15(17)19-4)12(2)16-14-8-6-5-7-13(14)9-10-18-3/h5-8,11-12,16H,9-10H2,1-4H3. The summed E-state index contributed by atoms with van der Waals surface area (Å²) in [6, 6.07) is 8.08. The number of hydrogen-bond acceptors (Lipinski definition) is 4. The second-order valence-electron chi connectivity index (χ2n) is 4.64. The van der Waals surface area contributed by atoms with Gasteiger partial charge in [0.25, 0.3) is 0 Å². The van der Waals surface area contributed by atoms with Crippen molar-refractivity contribution in [2.24, 2.45) is 5.92 Å². The van der Waals surface area contributed by atoms with Crippen molar-refractivity contribution >= 4 is 11.7 Å². The number of methoxy groups -OCH3 is 2. The van der Waals surface area contributed by atoms with Gasteiger partial charge in [0.1, 0.15) is 0 Å². The third-order valence-electron chi connectivity index (χ3n) is 3.30. The molecule has 0 aromatic heterocycles. The molecule has 2 unspecified atom stereocenters. The molecular weight excluding hydrogens is 242 g/mol. The Labute approximate surface area is 115 Å². The van der Waals surface area contributed by atoms with Gasteiger partial charge in [-0.05, 0) is 31.9 Å². The molecule has 0 saturated heterocycles. The average Bonchev–Trinajstić information content (AvgIpc) is 2.44. The fourth-order valence-electron chi connectivity index (χ4n) is 1.85. The third kappa shape index (κ3) is 4.56. The van der Waals surface area contributed by atoms with E-state index < -0.39 is 0 Å². The maximum absolute atomic E-state index is 11.5. The van der Waals surface area contributed by atoms with E-state index in [1.165, 1.54) is 12.7 Å². The highest BCUT2D eigenvalue weighted by Crippen LogP contribution is 2.19. The van der Waals surface area contributed by atoms with Crippen LogP contribution in [0.4, 0.5) is 5.69 Å². The summed E-state index contributed by atoms with van der Waals surface area (Å²) in [5, 5.41) is 3.38. The quantitative estimate of drug-likeness (QED) is 0.769. The molecule has 1 rings (SSSR count). The number of carbonyl (C=O) groups is 1. The largest absolute Gasteiger partial charge is 0.469 e. The number of benzene rings is 1. The molecule has 0 aliphatic carbocycles. The van der Waals surface area contributed by atoms with E-state index in [0.717, 1.165) is 12.1 Å². The Kier molecular flexibility index (Phi) is 6.36. The number of para-hydroxylation sites is 1. The highest BCUT2D eigenvalue weighted by atomic mass is 16.5. The van der Waals surface area contributed by atoms with Gasteiger partial charge >= 0.3 is 5.97 Å². The summed E-state index contributed by atoms with van der Waals surface area (Å²) in [6.45, 7) is 4.52. The lowest BCUT2D eigenvalue weighted by molar-refractivity contribution is -0.145. The van der Waals surface area contributed by atoms with Gasteiger partial charge in [0.05, 0.1) is 19.6 Å². The summed E-state index contributed by atoms with van der Waals surface area (Å²) in [4.78, 5) is 11.5. The first-order valence-corrected chi connectivity index (χ1v) is 6.51. The maximum atomic E-state index is 11.5. The Hall–Kier alpha value is -1.55. The average molecular weight is 265 g/mol. The molecule has 0 amide bonds. The fourth-order valence-corrected chi connectivity index (χ4v) is 1.85. The van der Waals surface area contributed by atoms with Crippen LogP contribution in [0.15, 0.2) is 24.3 Å². The summed E-state index contributed by atoms with van der Waals surface area (Å²) >= 11 is 0. The Morgan fingerprint density at radius 2 is 1.95 bits per heavy atom. The molecule has 0 aliphatic rings. The van der Waals surface area contributed by atoms with Gasteiger partial charge in [-0.15, -0.1) is 0 Å². The molecule has 0 heterocycles. The van der Waals surface area contributed by atoms with Gasteiger partial charge in [-0.25, -0.2) is 0 Å². The molecule has 0 saturated carbocycles. The molecular formula is C15H23NO3. The van der Waals surface area contributed by atoms with Crippen LogP contribution in [0.2, 0.25) is 0 Å². The van der Waals surface area contributed by atoms with Crippen molar-refractivity contribution in [3.05, 3.63) is 29.8 Å². The fraction of sp³-hybridized carbons (Fsp3) is 0.533. The number of carbonyl (C=O) groups excluding carboxylic acids is 1. The van der Waals surface area contributed by atoms with Gasteiger partial charge in [0.15, 0.2) is 0 Å². The molecule has 1 N–H and O–H groups in total. The number of rotatable bonds is 7. The molecule has 106 valence electrons. The van der Waals surface area contributed by atoms with Crippen LogP contribution in [0.1, 0.15) is 19.4 Å². The normalized spacial score (nSPS) is 13.7. The Morgan fingerprint density at radius 3 is 2.58 bits per heavy atom. The van der Waals surface area contributed by atoms with Crippen LogP contribution in [-0.4, -0.2) is 32.8 Å². The lowest BCUT2D eigenvalue weighted by atomic mass is 10.0. The lowest BCUT2D eigenvalue weighted by Crippen LogP contribution is -2.31. The van der Waals surface area contributed by atoms with E-state index in [9.17, 15) is 4.79 Å². The van der Waals surface area contributed by atoms with E-state index in [1.54, 1.807) is 7.11 Å². The second-order valence-corrected chi connectivity index (χ2v) is 4.64. The Morgan fingerprint density at radius 1 is 1.26 bits per heavy atom. The zero-order valence-corrected chi connectivity index (χ0v) is 12.1. The minimum Gasteiger partial charge on any atom is -0.469 e. The summed E-state index contributed by atoms with van der Waals surface area (Å²) in [7, 11) is 3.11. The highest BCUT2D eigenvalue weighted by molar-refractivity contribution is 5.73. The molecule has 0 aliphatic heterocycles. The van der Waals surface area contributed by atoms with Crippen molar-refractivity contribution < 1.29 is 14.3 Å². The SMILES string of the molecule is COCCc1ccccc1NC(C)C(C)C(=O)OC. The third-order valence-corrected chi connectivity index (χ3v) is 3.30. The van der Waals surface area contributed by atoms with E-state index in [2.05, 4.69) is 11.4 Å². The van der Waals surface area contributed by atoms with Gasteiger partial charge in [-0.3, -0.25) is 4.79 Å². The van der Waals surface area contributed by atoms with Crippen molar-refractivity contribution in [1.29, 1.82) is 0 Å². The predicted octanol–water partition coefficient (Wildman–Crippen LogP) is 2.49. The van der Waals surface area contributed by atoms with Crippen LogP contribution in [0, 0.1) is 5.92 Å². The van der Waals surface area contributed by atoms with Crippen LogP contribution in [0.3, 0.4) is 0 Å². The van der Waals surface area contributed by atoms with Crippen molar-refractivity contribution in [2.45, 2.75) is 26.3 Å². The molecule has 4 nitrogen and oxygen atoms in total. The van der Waals surface area contributed by atoms with E-state index in [0.29, 0.717) is 6.61 Å². The highest BCUT2D eigenvalue weighted by Gasteiger charge is 2.21. The number of ether oxygens (including phenoxy) is 2. The molecule has 0 fully saturated rings. The monoisotopic (exact) mass is 265 g/mol. The molecule has 1 aromatic carbocycles. The maximum Gasteiger partial charge on any atom is 0.310 e. The van der Waals surface area contributed by atoms with Crippen molar-refractivity contribution in [2.75, 3.05) is 26.1 Å². The summed E-state index contributed by atoms with van der Waals surface area (Å²) in [5.74, 6) is -0.394. The molecule has 0 spiro atoms. The molecule has 19 heavy (non-hydrogen) atoms. The summed E-state index contributed by atoms with van der Waals surface area (Å²) < 4.78 is 9.87. The zero-order valence-electron chi connectivity index (χ0n) is 12.1. The lowest BCUT2D eigenvalue weighted by Gasteiger charge is -2.22. The smallest absolute Gasteiger partial charge is 0.310 e. The van der Waals surface area contributed by atoms with Gasteiger partial charge < -0.3 is 14.8 Å². The van der Waals surface area contributed by atoms with Crippen molar-refractivity contribution in [3.8, 4) is 0 Å². The van der Waals surface area contributed by atoms with Crippen LogP contribution in [0.25, 0.3) is 0 Å². The molecule has 4 heteroatoms. The first kappa shape index (κ1) is 15.5. The van der Waals surface area contributed by atoms with Crippen LogP contribution >= 0.6 is 0 Å². The topological polar surface area (TPSA) is 47.6 Å². The molecule has 0 bridgehead atoms. The molecule has 1 aromatic rings. The number of esters is 1. The van der Waals surface area contributed by atoms with E-state index >= 15 is 0 Å². The zero-order chi connectivity index (χ0) is 14.3. The Balaban J connectivity index is 2.72. The predicted molar refractivity (Wildman–Crippen MR) is 76.3 cm³/mol. The Bertz CT molecular complexity index is 406. The van der Waals surface area contributed by atoms with E-state index in [-0.39, 0.29) is 17.9 Å². The van der Waals surface area contributed by atoms with E-state index in [4.69, 9.17) is 9.47 Å². The molecule has 2 atom stereocenters. The summed E-state index contributed by atoms with van der Waals surface area (Å²) in [6.07, 6.45) is 0.846. The minimum atomic E-state index is -0.200. The van der Waals surface area contributed by atoms with Gasteiger partial charge in [0.2, 0.25) is 0 Å². The second kappa shape index (κ2) is 7.79.